The summed E-state index contributed by atoms with van der Waals surface area (Å²) in [4.78, 5) is 12.3. The number of ether oxygens (including phenoxy) is 2. The highest BCUT2D eigenvalue weighted by Crippen LogP contribution is 2.34. The van der Waals surface area contributed by atoms with Crippen molar-refractivity contribution in [2.24, 2.45) is 0 Å². The number of aromatic nitrogens is 4. The van der Waals surface area contributed by atoms with Gasteiger partial charge in [0, 0.05) is 19.0 Å². The maximum atomic E-state index is 12.3. The van der Waals surface area contributed by atoms with Crippen molar-refractivity contribution in [1.82, 2.24) is 19.8 Å². The molecule has 9 heteroatoms. The molecule has 0 N–H and O–H groups in total. The third-order valence-corrected chi connectivity index (χ3v) is 4.05. The van der Waals surface area contributed by atoms with Crippen molar-refractivity contribution in [3.63, 3.8) is 0 Å². The largest absolute Gasteiger partial charge is 0.463 e. The maximum Gasteiger partial charge on any atom is 0.368 e. The highest BCUT2D eigenvalue weighted by Gasteiger charge is 2.21. The summed E-state index contributed by atoms with van der Waals surface area (Å²) in [6.45, 7) is 3.10. The Morgan fingerprint density at radius 3 is 2.87 bits per heavy atom. The van der Waals surface area contributed by atoms with E-state index in [0.717, 1.165) is 23.9 Å². The summed E-state index contributed by atoms with van der Waals surface area (Å²) in [5, 5.41) is 8.35. The van der Waals surface area contributed by atoms with Crippen LogP contribution in [0.4, 0.5) is 0 Å². The second-order valence-corrected chi connectivity index (χ2v) is 6.01. The van der Waals surface area contributed by atoms with Gasteiger partial charge in [0.15, 0.2) is 6.29 Å². The SMILES string of the molecule is CCCn1nnn(-c2cc(OC3CCCO3)c(Cl)cc2Cl)c1=O. The maximum absolute atomic E-state index is 12.3. The Hall–Kier alpha value is -1.57. The zero-order valence-electron chi connectivity index (χ0n) is 12.5. The molecule has 1 atom stereocenters. The second kappa shape index (κ2) is 6.90. The molecule has 124 valence electrons. The van der Waals surface area contributed by atoms with E-state index in [1.54, 1.807) is 6.07 Å². The van der Waals surface area contributed by atoms with Crippen molar-refractivity contribution in [2.75, 3.05) is 6.61 Å². The molecule has 1 aromatic carbocycles. The molecule has 2 heterocycles. The normalized spacial score (nSPS) is 17.6. The molecule has 0 saturated carbocycles. The molecule has 3 rings (SSSR count). The minimum atomic E-state index is -0.362. The Morgan fingerprint density at radius 1 is 1.35 bits per heavy atom. The summed E-state index contributed by atoms with van der Waals surface area (Å²) >= 11 is 12.4. The topological polar surface area (TPSA) is 71.2 Å². The number of tetrazole rings is 1. The molecular weight excluding hydrogens is 343 g/mol. The summed E-state index contributed by atoms with van der Waals surface area (Å²) in [7, 11) is 0. The molecule has 0 aliphatic carbocycles. The highest BCUT2D eigenvalue weighted by atomic mass is 35.5. The van der Waals surface area contributed by atoms with E-state index >= 15 is 0 Å². The second-order valence-electron chi connectivity index (χ2n) is 5.19. The van der Waals surface area contributed by atoms with Crippen molar-refractivity contribution < 1.29 is 9.47 Å². The number of nitrogens with zero attached hydrogens (tertiary/aromatic N) is 4. The smallest absolute Gasteiger partial charge is 0.368 e. The van der Waals surface area contributed by atoms with Crippen molar-refractivity contribution in [1.29, 1.82) is 0 Å². The monoisotopic (exact) mass is 358 g/mol. The van der Waals surface area contributed by atoms with Crippen LogP contribution in [-0.4, -0.2) is 32.7 Å². The predicted octanol–water partition coefficient (Wildman–Crippen LogP) is 2.66. The average molecular weight is 359 g/mol. The van der Waals surface area contributed by atoms with Crippen LogP contribution in [0.1, 0.15) is 26.2 Å². The first-order valence-electron chi connectivity index (χ1n) is 7.40. The number of hydrogen-bond acceptors (Lipinski definition) is 5. The van der Waals surface area contributed by atoms with Gasteiger partial charge in [-0.05, 0) is 29.3 Å². The average Bonchev–Trinajstić information content (AvgIpc) is 3.14. The lowest BCUT2D eigenvalue weighted by Crippen LogP contribution is -2.24. The quantitative estimate of drug-likeness (QED) is 0.821. The van der Waals surface area contributed by atoms with Gasteiger partial charge in [-0.15, -0.1) is 0 Å². The highest BCUT2D eigenvalue weighted by molar-refractivity contribution is 6.36. The number of rotatable bonds is 5. The van der Waals surface area contributed by atoms with E-state index in [-0.39, 0.29) is 12.0 Å². The van der Waals surface area contributed by atoms with Gasteiger partial charge in [0.1, 0.15) is 5.75 Å². The summed E-state index contributed by atoms with van der Waals surface area (Å²) in [5.74, 6) is 0.398. The summed E-state index contributed by atoms with van der Waals surface area (Å²) < 4.78 is 13.6. The van der Waals surface area contributed by atoms with Crippen LogP contribution in [0.5, 0.6) is 5.75 Å². The standard InChI is InChI=1S/C14H16Cl2N4O3/c1-2-5-19-14(21)20(18-17-19)11-8-12(10(16)7-9(11)15)23-13-4-3-6-22-13/h7-8,13H,2-6H2,1H3. The van der Waals surface area contributed by atoms with Crippen LogP contribution in [0.3, 0.4) is 0 Å². The zero-order valence-corrected chi connectivity index (χ0v) is 14.0. The van der Waals surface area contributed by atoms with Crippen LogP contribution in [0.25, 0.3) is 5.69 Å². The minimum Gasteiger partial charge on any atom is -0.463 e. The van der Waals surface area contributed by atoms with Gasteiger partial charge in [0.2, 0.25) is 0 Å². The summed E-state index contributed by atoms with van der Waals surface area (Å²) in [6, 6.07) is 3.10. The fourth-order valence-electron chi connectivity index (χ4n) is 2.33. The third kappa shape index (κ3) is 3.36. The van der Waals surface area contributed by atoms with Crippen molar-refractivity contribution in [2.45, 2.75) is 39.0 Å². The first-order valence-corrected chi connectivity index (χ1v) is 8.16. The van der Waals surface area contributed by atoms with E-state index in [1.165, 1.54) is 10.7 Å². The fourth-order valence-corrected chi connectivity index (χ4v) is 2.84. The van der Waals surface area contributed by atoms with Gasteiger partial charge in [-0.3, -0.25) is 0 Å². The first-order chi connectivity index (χ1) is 11.1. The lowest BCUT2D eigenvalue weighted by molar-refractivity contribution is -0.0389. The lowest BCUT2D eigenvalue weighted by Gasteiger charge is -2.15. The molecule has 1 saturated heterocycles. The van der Waals surface area contributed by atoms with E-state index in [0.29, 0.717) is 34.6 Å². The molecule has 0 spiro atoms. The summed E-state index contributed by atoms with van der Waals surface area (Å²) in [5.41, 5.74) is 0.00977. The van der Waals surface area contributed by atoms with Crippen LogP contribution in [-0.2, 0) is 11.3 Å². The minimum absolute atomic E-state index is 0.292. The zero-order chi connectivity index (χ0) is 16.4. The molecule has 0 bridgehead atoms. The van der Waals surface area contributed by atoms with Crippen LogP contribution in [0.2, 0.25) is 10.0 Å². The van der Waals surface area contributed by atoms with E-state index in [4.69, 9.17) is 32.7 Å². The Morgan fingerprint density at radius 2 is 2.17 bits per heavy atom. The molecule has 1 aliphatic heterocycles. The van der Waals surface area contributed by atoms with Gasteiger partial charge in [-0.2, -0.15) is 9.36 Å². The van der Waals surface area contributed by atoms with Crippen LogP contribution in [0.15, 0.2) is 16.9 Å². The Kier molecular flexibility index (Phi) is 4.89. The van der Waals surface area contributed by atoms with Crippen LogP contribution >= 0.6 is 23.2 Å². The number of aryl methyl sites for hydroxylation is 1. The molecule has 1 aliphatic rings. The van der Waals surface area contributed by atoms with E-state index in [1.807, 2.05) is 6.92 Å². The Bertz CT molecular complexity index is 753. The van der Waals surface area contributed by atoms with Crippen LogP contribution < -0.4 is 10.4 Å². The van der Waals surface area contributed by atoms with Gasteiger partial charge in [-0.25, -0.2) is 4.79 Å². The molecule has 23 heavy (non-hydrogen) atoms. The van der Waals surface area contributed by atoms with Crippen molar-refractivity contribution >= 4 is 23.2 Å². The predicted molar refractivity (Wildman–Crippen MR) is 85.5 cm³/mol. The van der Waals surface area contributed by atoms with E-state index in [2.05, 4.69) is 10.4 Å². The fraction of sp³-hybridized carbons (Fsp3) is 0.500. The molecule has 0 radical (unpaired) electrons. The molecule has 1 aromatic heterocycles. The lowest BCUT2D eigenvalue weighted by atomic mass is 10.3. The first kappa shape index (κ1) is 16.3. The molecule has 2 aromatic rings. The van der Waals surface area contributed by atoms with Gasteiger partial charge in [-0.1, -0.05) is 30.1 Å². The van der Waals surface area contributed by atoms with E-state index < -0.39 is 0 Å². The van der Waals surface area contributed by atoms with E-state index in [9.17, 15) is 4.79 Å². The molecule has 1 fully saturated rings. The van der Waals surface area contributed by atoms with Crippen LogP contribution in [0, 0.1) is 0 Å². The third-order valence-electron chi connectivity index (χ3n) is 3.45. The summed E-state index contributed by atoms with van der Waals surface area (Å²) in [6.07, 6.45) is 2.17. The van der Waals surface area contributed by atoms with Gasteiger partial charge in [0.25, 0.3) is 0 Å². The molecular formula is C14H16Cl2N4O3. The molecule has 1 unspecified atom stereocenters. The number of halogens is 2. The number of hydrogen-bond donors (Lipinski definition) is 0. The van der Waals surface area contributed by atoms with Crippen molar-refractivity contribution in [3.8, 4) is 11.4 Å². The van der Waals surface area contributed by atoms with Gasteiger partial charge < -0.3 is 9.47 Å². The van der Waals surface area contributed by atoms with Gasteiger partial charge in [0.05, 0.1) is 22.3 Å². The van der Waals surface area contributed by atoms with Crippen molar-refractivity contribution in [3.05, 3.63) is 32.7 Å². The number of benzene rings is 1. The molecule has 0 amide bonds. The van der Waals surface area contributed by atoms with Gasteiger partial charge >= 0.3 is 5.69 Å². The Labute approximate surface area is 142 Å². The molecule has 7 nitrogen and oxygen atoms in total. The Balaban J connectivity index is 1.97.